The Kier molecular flexibility index (Phi) is 5.33. The molecule has 1 aromatic rings. The van der Waals surface area contributed by atoms with E-state index < -0.39 is 30.1 Å². The van der Waals surface area contributed by atoms with Gasteiger partial charge in [0.15, 0.2) is 11.9 Å². The van der Waals surface area contributed by atoms with Crippen molar-refractivity contribution in [3.8, 4) is 0 Å². The van der Waals surface area contributed by atoms with E-state index in [-0.39, 0.29) is 17.3 Å². The predicted molar refractivity (Wildman–Crippen MR) is 76.1 cm³/mol. The van der Waals surface area contributed by atoms with Crippen LogP contribution >= 0.6 is 11.8 Å². The maximum atomic E-state index is 13.4. The lowest BCUT2D eigenvalue weighted by Gasteiger charge is -2.16. The van der Waals surface area contributed by atoms with Crippen LogP contribution in [0.15, 0.2) is 18.2 Å². The summed E-state index contributed by atoms with van der Waals surface area (Å²) in [6.45, 7) is 1.50. The highest BCUT2D eigenvalue weighted by molar-refractivity contribution is 7.99. The maximum absolute atomic E-state index is 13.4. The first-order valence-corrected chi connectivity index (χ1v) is 7.88. The molecule has 2 unspecified atom stereocenters. The molecular weight excluding hydrogens is 298 g/mol. The van der Waals surface area contributed by atoms with Crippen LogP contribution in [0.1, 0.15) is 18.9 Å². The van der Waals surface area contributed by atoms with Crippen LogP contribution in [0.3, 0.4) is 0 Å². The van der Waals surface area contributed by atoms with Crippen molar-refractivity contribution in [1.82, 2.24) is 0 Å². The van der Waals surface area contributed by atoms with Gasteiger partial charge in [-0.2, -0.15) is 11.8 Å². The second-order valence-electron chi connectivity index (χ2n) is 4.97. The van der Waals surface area contributed by atoms with Crippen LogP contribution in [0.5, 0.6) is 0 Å². The Morgan fingerprint density at radius 1 is 1.38 bits per heavy atom. The fraction of sp³-hybridized carbons (Fsp3) is 0.467. The molecule has 0 spiro atoms. The van der Waals surface area contributed by atoms with Crippen molar-refractivity contribution in [2.75, 3.05) is 11.5 Å². The fourth-order valence-electron chi connectivity index (χ4n) is 2.23. The highest BCUT2D eigenvalue weighted by atomic mass is 32.2. The smallest absolute Gasteiger partial charge is 0.311 e. The Hall–Kier alpha value is -1.43. The summed E-state index contributed by atoms with van der Waals surface area (Å²) >= 11 is 1.69. The van der Waals surface area contributed by atoms with Gasteiger partial charge < -0.3 is 4.74 Å². The van der Waals surface area contributed by atoms with E-state index in [9.17, 15) is 18.4 Å². The fourth-order valence-corrected chi connectivity index (χ4v) is 3.47. The van der Waals surface area contributed by atoms with Crippen molar-refractivity contribution in [2.24, 2.45) is 5.92 Å². The molecule has 21 heavy (non-hydrogen) atoms. The Labute approximate surface area is 126 Å². The standard InChI is InChI=1S/C15H16F2O3S/c1-9(15(19)10-5-6-21-8-10)20-14(18)7-11-12(16)3-2-4-13(11)17/h2-4,9-10H,5-8H2,1H3. The molecule has 1 heterocycles. The van der Waals surface area contributed by atoms with Gasteiger partial charge in [0.2, 0.25) is 0 Å². The summed E-state index contributed by atoms with van der Waals surface area (Å²) in [4.78, 5) is 23.8. The van der Waals surface area contributed by atoms with Gasteiger partial charge >= 0.3 is 5.97 Å². The monoisotopic (exact) mass is 314 g/mol. The summed E-state index contributed by atoms with van der Waals surface area (Å²) in [6, 6.07) is 3.38. The largest absolute Gasteiger partial charge is 0.454 e. The Morgan fingerprint density at radius 3 is 2.62 bits per heavy atom. The third kappa shape index (κ3) is 4.03. The van der Waals surface area contributed by atoms with Crippen LogP contribution in [-0.4, -0.2) is 29.4 Å². The Bertz CT molecular complexity index is 521. The van der Waals surface area contributed by atoms with Crippen molar-refractivity contribution < 1.29 is 23.1 Å². The minimum Gasteiger partial charge on any atom is -0.454 e. The van der Waals surface area contributed by atoms with Gasteiger partial charge in [-0.15, -0.1) is 0 Å². The van der Waals surface area contributed by atoms with E-state index >= 15 is 0 Å². The van der Waals surface area contributed by atoms with Crippen molar-refractivity contribution in [3.63, 3.8) is 0 Å². The number of carbonyl (C=O) groups excluding carboxylic acids is 2. The molecule has 0 radical (unpaired) electrons. The minimum atomic E-state index is -0.879. The second kappa shape index (κ2) is 7.02. The molecule has 3 nitrogen and oxygen atoms in total. The molecule has 1 aliphatic rings. The zero-order chi connectivity index (χ0) is 15.4. The SMILES string of the molecule is CC(OC(=O)Cc1c(F)cccc1F)C(=O)C1CCSC1. The number of Topliss-reactive ketones (excluding diaryl/α,β-unsaturated/α-hetero) is 1. The first-order chi connectivity index (χ1) is 9.99. The zero-order valence-electron chi connectivity index (χ0n) is 11.6. The molecule has 0 aliphatic carbocycles. The van der Waals surface area contributed by atoms with E-state index in [1.807, 2.05) is 0 Å². The van der Waals surface area contributed by atoms with Crippen LogP contribution < -0.4 is 0 Å². The number of hydrogen-bond acceptors (Lipinski definition) is 4. The summed E-state index contributed by atoms with van der Waals surface area (Å²) in [5, 5.41) is 0. The molecule has 0 bridgehead atoms. The van der Waals surface area contributed by atoms with Crippen LogP contribution in [-0.2, 0) is 20.7 Å². The molecule has 114 valence electrons. The topological polar surface area (TPSA) is 43.4 Å². The molecule has 0 saturated carbocycles. The van der Waals surface area contributed by atoms with Gasteiger partial charge in [0.25, 0.3) is 0 Å². The lowest BCUT2D eigenvalue weighted by Crippen LogP contribution is -2.31. The lowest BCUT2D eigenvalue weighted by molar-refractivity contribution is -0.154. The second-order valence-corrected chi connectivity index (χ2v) is 6.12. The minimum absolute atomic E-state index is 0.0944. The van der Waals surface area contributed by atoms with E-state index in [1.54, 1.807) is 11.8 Å². The number of hydrogen-bond donors (Lipinski definition) is 0. The highest BCUT2D eigenvalue weighted by Gasteiger charge is 2.29. The van der Waals surface area contributed by atoms with Crippen LogP contribution in [0.25, 0.3) is 0 Å². The third-order valence-electron chi connectivity index (χ3n) is 3.42. The molecule has 1 saturated heterocycles. The van der Waals surface area contributed by atoms with Gasteiger partial charge in [-0.3, -0.25) is 9.59 Å². The van der Waals surface area contributed by atoms with Gasteiger partial charge in [0.1, 0.15) is 11.6 Å². The summed E-state index contributed by atoms with van der Waals surface area (Å²) in [6.07, 6.45) is -0.612. The van der Waals surface area contributed by atoms with Crippen molar-refractivity contribution in [1.29, 1.82) is 0 Å². The van der Waals surface area contributed by atoms with Crippen LogP contribution in [0.2, 0.25) is 0 Å². The summed E-state index contributed by atoms with van der Waals surface area (Å²) in [5.41, 5.74) is -0.335. The molecule has 1 aliphatic heterocycles. The van der Waals surface area contributed by atoms with Gasteiger partial charge in [-0.25, -0.2) is 8.78 Å². The highest BCUT2D eigenvalue weighted by Crippen LogP contribution is 2.25. The number of ether oxygens (including phenoxy) is 1. The lowest BCUT2D eigenvalue weighted by atomic mass is 10.00. The van der Waals surface area contributed by atoms with Crippen molar-refractivity contribution >= 4 is 23.5 Å². The summed E-state index contributed by atoms with van der Waals surface area (Å²) in [7, 11) is 0. The molecular formula is C15H16F2O3S. The number of thioether (sulfide) groups is 1. The molecule has 0 N–H and O–H groups in total. The molecule has 1 fully saturated rings. The first-order valence-electron chi connectivity index (χ1n) is 6.73. The molecule has 6 heteroatoms. The van der Waals surface area contributed by atoms with Gasteiger partial charge in [-0.1, -0.05) is 6.07 Å². The van der Waals surface area contributed by atoms with Gasteiger partial charge in [-0.05, 0) is 31.2 Å². The zero-order valence-corrected chi connectivity index (χ0v) is 12.4. The average Bonchev–Trinajstić information content (AvgIpc) is 2.96. The van der Waals surface area contributed by atoms with Crippen LogP contribution in [0, 0.1) is 17.6 Å². The molecule has 1 aromatic carbocycles. The normalized spacial score (nSPS) is 19.3. The molecule has 2 atom stereocenters. The molecule has 2 rings (SSSR count). The maximum Gasteiger partial charge on any atom is 0.311 e. The number of halogens is 2. The summed E-state index contributed by atoms with van der Waals surface area (Å²) in [5.74, 6) is -0.938. The first kappa shape index (κ1) is 15.9. The predicted octanol–water partition coefficient (Wildman–Crippen LogP) is 2.76. The van der Waals surface area contributed by atoms with Gasteiger partial charge in [0, 0.05) is 17.2 Å². The van der Waals surface area contributed by atoms with Crippen molar-refractivity contribution in [3.05, 3.63) is 35.4 Å². The number of rotatable bonds is 5. The van der Waals surface area contributed by atoms with E-state index in [4.69, 9.17) is 4.74 Å². The Morgan fingerprint density at radius 2 is 2.05 bits per heavy atom. The average molecular weight is 314 g/mol. The number of carbonyl (C=O) groups is 2. The van der Waals surface area contributed by atoms with E-state index in [1.165, 1.54) is 13.0 Å². The summed E-state index contributed by atoms with van der Waals surface area (Å²) < 4.78 is 31.9. The third-order valence-corrected chi connectivity index (χ3v) is 4.59. The van der Waals surface area contributed by atoms with Crippen LogP contribution in [0.4, 0.5) is 8.78 Å². The van der Waals surface area contributed by atoms with Gasteiger partial charge in [0.05, 0.1) is 6.42 Å². The van der Waals surface area contributed by atoms with E-state index in [0.717, 1.165) is 30.1 Å². The van der Waals surface area contributed by atoms with E-state index in [0.29, 0.717) is 0 Å². The number of benzene rings is 1. The van der Waals surface area contributed by atoms with Crippen molar-refractivity contribution in [2.45, 2.75) is 25.9 Å². The number of esters is 1. The quantitative estimate of drug-likeness (QED) is 0.784. The number of ketones is 1. The van der Waals surface area contributed by atoms with E-state index in [2.05, 4.69) is 0 Å². The Balaban J connectivity index is 1.93. The molecule has 0 amide bonds. The molecule has 0 aromatic heterocycles.